The number of fused-ring (bicyclic) bond motifs is 8. The molecule has 59 heavy (non-hydrogen) atoms. The summed E-state index contributed by atoms with van der Waals surface area (Å²) in [6.07, 6.45) is 0. The highest BCUT2D eigenvalue weighted by molar-refractivity contribution is 6.04. The Kier molecular flexibility index (Phi) is 7.94. The first kappa shape index (κ1) is 35.2. The lowest BCUT2D eigenvalue weighted by Crippen LogP contribution is -2.15. The van der Waals surface area contributed by atoms with Crippen molar-refractivity contribution in [3.63, 3.8) is 0 Å². The van der Waals surface area contributed by atoms with Crippen LogP contribution in [0.15, 0.2) is 200 Å². The fourth-order valence-electron chi connectivity index (χ4n) is 10.4. The number of hydrogen-bond donors (Lipinski definition) is 0. The van der Waals surface area contributed by atoms with E-state index in [2.05, 4.69) is 233 Å². The largest absolute Gasteiger partial charge is 0.309 e. The van der Waals surface area contributed by atoms with Gasteiger partial charge in [0, 0.05) is 27.6 Å². The van der Waals surface area contributed by atoms with Crippen molar-refractivity contribution >= 4 is 27.8 Å². The van der Waals surface area contributed by atoms with Gasteiger partial charge in [0.15, 0.2) is 0 Å². The average Bonchev–Trinajstić information content (AvgIpc) is 3.67. The van der Waals surface area contributed by atoms with Crippen LogP contribution in [0.3, 0.4) is 0 Å². The van der Waals surface area contributed by atoms with Crippen LogP contribution < -0.4 is 4.90 Å². The molecule has 0 heterocycles. The smallest absolute Gasteiger partial charge is 0.0540 e. The van der Waals surface area contributed by atoms with Gasteiger partial charge in [-0.3, -0.25) is 0 Å². The molecule has 282 valence electrons. The van der Waals surface area contributed by atoms with Gasteiger partial charge in [-0.15, -0.1) is 0 Å². The van der Waals surface area contributed by atoms with Crippen molar-refractivity contribution in [2.45, 2.75) is 38.5 Å². The van der Waals surface area contributed by atoms with E-state index >= 15 is 0 Å². The van der Waals surface area contributed by atoms with Crippen LogP contribution in [0.1, 0.15) is 49.9 Å². The molecule has 0 aromatic heterocycles. The van der Waals surface area contributed by atoms with Gasteiger partial charge in [-0.25, -0.2) is 0 Å². The molecule has 0 aliphatic heterocycles. The molecule has 11 rings (SSSR count). The fourth-order valence-corrected chi connectivity index (χ4v) is 10.4. The van der Waals surface area contributed by atoms with Crippen molar-refractivity contribution in [1.82, 2.24) is 0 Å². The summed E-state index contributed by atoms with van der Waals surface area (Å²) in [5, 5.41) is 2.62. The zero-order chi connectivity index (χ0) is 39.9. The van der Waals surface area contributed by atoms with Crippen molar-refractivity contribution < 1.29 is 0 Å². The Morgan fingerprint density at radius 2 is 0.932 bits per heavy atom. The minimum Gasteiger partial charge on any atom is -0.309 e. The van der Waals surface area contributed by atoms with Crippen molar-refractivity contribution in [2.24, 2.45) is 0 Å². The molecule has 0 N–H and O–H groups in total. The molecule has 9 aromatic rings. The van der Waals surface area contributed by atoms with E-state index in [0.717, 1.165) is 17.1 Å². The Balaban J connectivity index is 1.09. The molecule has 0 spiro atoms. The molecule has 2 aliphatic carbocycles. The van der Waals surface area contributed by atoms with E-state index in [1.807, 2.05) is 0 Å². The van der Waals surface area contributed by atoms with E-state index in [0.29, 0.717) is 0 Å². The molecule has 1 nitrogen and oxygen atoms in total. The van der Waals surface area contributed by atoms with E-state index in [9.17, 15) is 0 Å². The molecule has 0 bridgehead atoms. The van der Waals surface area contributed by atoms with Crippen LogP contribution in [0.25, 0.3) is 66.4 Å². The predicted molar refractivity (Wildman–Crippen MR) is 250 cm³/mol. The molecule has 0 fully saturated rings. The van der Waals surface area contributed by atoms with E-state index in [-0.39, 0.29) is 10.8 Å². The maximum Gasteiger partial charge on any atom is 0.0540 e. The normalized spacial score (nSPS) is 14.0. The zero-order valence-corrected chi connectivity index (χ0v) is 34.0. The number of nitrogens with zero attached hydrogens (tertiary/aromatic N) is 1. The third-order valence-corrected chi connectivity index (χ3v) is 13.3. The Labute approximate surface area is 347 Å². The standard InChI is InChI=1S/C58H45N/c1-57(2)50-25-13-10-22-45(50)49-37-41(32-36-51(49)57)38-29-33-42(34-30-38)59(53-27-14-11-20-43(53)39-17-6-5-7-18-39)54-28-15-12-23-46(54)47-24-16-26-52-55(47)48-35-31-40-19-8-9-21-44(40)56(48)58(52,3)4/h5-37H,1-4H3. The highest BCUT2D eigenvalue weighted by atomic mass is 15.1. The van der Waals surface area contributed by atoms with Gasteiger partial charge in [-0.05, 0) is 108 Å². The van der Waals surface area contributed by atoms with Crippen LogP contribution in [-0.2, 0) is 10.8 Å². The van der Waals surface area contributed by atoms with Crippen LogP contribution in [0.5, 0.6) is 0 Å². The van der Waals surface area contributed by atoms with Crippen LogP contribution >= 0.6 is 0 Å². The van der Waals surface area contributed by atoms with Crippen molar-refractivity contribution in [2.75, 3.05) is 4.90 Å². The summed E-state index contributed by atoms with van der Waals surface area (Å²) in [7, 11) is 0. The minimum absolute atomic E-state index is 0.0150. The number of para-hydroxylation sites is 2. The molecule has 1 heteroatoms. The van der Waals surface area contributed by atoms with Crippen molar-refractivity contribution in [3.8, 4) is 55.6 Å². The first-order valence-electron chi connectivity index (χ1n) is 20.9. The minimum atomic E-state index is -0.151. The highest BCUT2D eigenvalue weighted by Gasteiger charge is 2.39. The van der Waals surface area contributed by atoms with E-state index < -0.39 is 0 Å². The Hall–Kier alpha value is -6.96. The van der Waals surface area contributed by atoms with Crippen LogP contribution in [-0.4, -0.2) is 0 Å². The Morgan fingerprint density at radius 1 is 0.339 bits per heavy atom. The second-order valence-corrected chi connectivity index (χ2v) is 17.3. The van der Waals surface area contributed by atoms with Gasteiger partial charge in [0.25, 0.3) is 0 Å². The lowest BCUT2D eigenvalue weighted by Gasteiger charge is -2.30. The summed E-state index contributed by atoms with van der Waals surface area (Å²) < 4.78 is 0. The van der Waals surface area contributed by atoms with Gasteiger partial charge < -0.3 is 4.90 Å². The topological polar surface area (TPSA) is 3.24 Å². The molecule has 0 saturated heterocycles. The lowest BCUT2D eigenvalue weighted by molar-refractivity contribution is 0.660. The van der Waals surface area contributed by atoms with Crippen LogP contribution in [0.4, 0.5) is 17.1 Å². The van der Waals surface area contributed by atoms with Crippen molar-refractivity contribution in [3.05, 3.63) is 222 Å². The molecule has 9 aromatic carbocycles. The molecular weight excluding hydrogens is 711 g/mol. The Bertz CT molecular complexity index is 3090. The van der Waals surface area contributed by atoms with Crippen LogP contribution in [0.2, 0.25) is 0 Å². The second kappa shape index (κ2) is 13.3. The van der Waals surface area contributed by atoms with Crippen LogP contribution in [0, 0.1) is 0 Å². The number of benzene rings is 9. The van der Waals surface area contributed by atoms with E-state index in [1.165, 1.54) is 88.7 Å². The van der Waals surface area contributed by atoms with E-state index in [4.69, 9.17) is 0 Å². The third-order valence-electron chi connectivity index (χ3n) is 13.3. The average molecular weight is 756 g/mol. The number of rotatable bonds is 6. The fraction of sp³-hybridized carbons (Fsp3) is 0.103. The highest BCUT2D eigenvalue weighted by Crippen LogP contribution is 2.56. The summed E-state index contributed by atoms with van der Waals surface area (Å²) in [6, 6.07) is 74.2. The SMILES string of the molecule is CC1(C)c2ccccc2-c2cc(-c3ccc(N(c4ccccc4-c4ccccc4)c4ccccc4-c4cccc5c4-c4ccc6ccccc6c4C5(C)C)cc3)ccc21. The van der Waals surface area contributed by atoms with Gasteiger partial charge in [0.05, 0.1) is 11.4 Å². The van der Waals surface area contributed by atoms with Gasteiger partial charge in [-0.1, -0.05) is 198 Å². The first-order chi connectivity index (χ1) is 28.8. The first-order valence-corrected chi connectivity index (χ1v) is 20.9. The maximum absolute atomic E-state index is 2.48. The molecule has 0 unspecified atom stereocenters. The maximum atomic E-state index is 2.48. The van der Waals surface area contributed by atoms with Gasteiger partial charge in [0.1, 0.15) is 0 Å². The zero-order valence-electron chi connectivity index (χ0n) is 34.0. The quantitative estimate of drug-likeness (QED) is 0.163. The lowest BCUT2D eigenvalue weighted by atomic mass is 9.80. The molecule has 0 atom stereocenters. The summed E-state index contributed by atoms with van der Waals surface area (Å²) in [4.78, 5) is 2.48. The number of anilines is 3. The van der Waals surface area contributed by atoms with Gasteiger partial charge in [0.2, 0.25) is 0 Å². The molecule has 2 aliphatic rings. The predicted octanol–water partition coefficient (Wildman–Crippen LogP) is 15.9. The third kappa shape index (κ3) is 5.38. The second-order valence-electron chi connectivity index (χ2n) is 17.3. The summed E-state index contributed by atoms with van der Waals surface area (Å²) in [5.74, 6) is 0. The van der Waals surface area contributed by atoms with Crippen molar-refractivity contribution in [1.29, 1.82) is 0 Å². The van der Waals surface area contributed by atoms with E-state index in [1.54, 1.807) is 0 Å². The summed E-state index contributed by atoms with van der Waals surface area (Å²) in [6.45, 7) is 9.48. The monoisotopic (exact) mass is 755 g/mol. The number of hydrogen-bond acceptors (Lipinski definition) is 1. The van der Waals surface area contributed by atoms with Gasteiger partial charge in [-0.2, -0.15) is 0 Å². The summed E-state index contributed by atoms with van der Waals surface area (Å²) in [5.41, 5.74) is 21.4. The molecule has 0 radical (unpaired) electrons. The Morgan fingerprint density at radius 3 is 1.73 bits per heavy atom. The summed E-state index contributed by atoms with van der Waals surface area (Å²) >= 11 is 0. The molecular formula is C58H45N. The molecule has 0 saturated carbocycles. The van der Waals surface area contributed by atoms with Gasteiger partial charge >= 0.3 is 0 Å². The molecule has 0 amide bonds.